The lowest BCUT2D eigenvalue weighted by Gasteiger charge is -2.22. The number of hydrogen-bond acceptors (Lipinski definition) is 6. The average Bonchev–Trinajstić information content (AvgIpc) is 3.04. The Morgan fingerprint density at radius 3 is 2.44 bits per heavy atom. The van der Waals surface area contributed by atoms with Crippen molar-refractivity contribution in [1.29, 1.82) is 0 Å². The van der Waals surface area contributed by atoms with Crippen LogP contribution in [-0.2, 0) is 16.1 Å². The number of ether oxygens (including phenoxy) is 1. The Hall–Kier alpha value is -3.29. The van der Waals surface area contributed by atoms with Crippen molar-refractivity contribution in [3.05, 3.63) is 58.7 Å². The number of carbonyl (C=O) groups is 2. The second kappa shape index (κ2) is 13.1. The van der Waals surface area contributed by atoms with Gasteiger partial charge in [-0.25, -0.2) is 4.99 Å². The van der Waals surface area contributed by atoms with Crippen LogP contribution in [0.25, 0.3) is 17.2 Å². The largest absolute Gasteiger partial charge is 0.387 e. The third kappa shape index (κ3) is 6.89. The first-order valence-electron chi connectivity index (χ1n) is 12.6. The molecule has 7 nitrogen and oxygen atoms in total. The number of amides is 1. The number of likely N-dealkylation sites (N-methyl/N-ethyl adjacent to an activating group) is 1. The summed E-state index contributed by atoms with van der Waals surface area (Å²) in [5, 5.41) is 0. The van der Waals surface area contributed by atoms with E-state index in [0.29, 0.717) is 36.5 Å². The van der Waals surface area contributed by atoms with Crippen LogP contribution in [0.1, 0.15) is 54.6 Å². The van der Waals surface area contributed by atoms with Crippen molar-refractivity contribution < 1.29 is 14.3 Å². The highest BCUT2D eigenvalue weighted by Crippen LogP contribution is 2.33. The molecule has 7 heteroatoms. The fourth-order valence-electron chi connectivity index (χ4n) is 4.42. The molecular formula is C29H38N4O3. The minimum absolute atomic E-state index is 0.0282. The predicted molar refractivity (Wildman–Crippen MR) is 147 cm³/mol. The van der Waals surface area contributed by atoms with Gasteiger partial charge in [-0.2, -0.15) is 0 Å². The Kier molecular flexibility index (Phi) is 9.96. The fourth-order valence-corrected chi connectivity index (χ4v) is 4.42. The first-order valence-corrected chi connectivity index (χ1v) is 12.6. The van der Waals surface area contributed by atoms with Crippen LogP contribution in [0, 0.1) is 0 Å². The molecule has 0 fully saturated rings. The maximum Gasteiger partial charge on any atom is 0.250 e. The minimum Gasteiger partial charge on any atom is -0.387 e. The van der Waals surface area contributed by atoms with Crippen LogP contribution in [0.4, 0.5) is 5.69 Å². The van der Waals surface area contributed by atoms with Gasteiger partial charge in [0.15, 0.2) is 0 Å². The van der Waals surface area contributed by atoms with Gasteiger partial charge < -0.3 is 15.4 Å². The van der Waals surface area contributed by atoms with E-state index >= 15 is 0 Å². The summed E-state index contributed by atoms with van der Waals surface area (Å²) in [4.78, 5) is 33.5. The number of amidine groups is 1. The second-order valence-electron chi connectivity index (χ2n) is 9.28. The summed E-state index contributed by atoms with van der Waals surface area (Å²) in [5.74, 6) is 0.454. The molecule has 1 aliphatic heterocycles. The molecule has 2 N–H and O–H groups in total. The Morgan fingerprint density at radius 2 is 1.78 bits per heavy atom. The van der Waals surface area contributed by atoms with Gasteiger partial charge in [-0.15, -0.1) is 0 Å². The monoisotopic (exact) mass is 490 g/mol. The SMILES string of the molecule is CCCN(CCC)C(=O)C1=Cc2ccc(-c3ccc(C=O)c(CN(C)CCOC)c3)cc2N=C(N)C1. The van der Waals surface area contributed by atoms with Gasteiger partial charge in [0.05, 0.1) is 12.3 Å². The van der Waals surface area contributed by atoms with Crippen LogP contribution in [0.15, 0.2) is 47.0 Å². The van der Waals surface area contributed by atoms with E-state index in [2.05, 4.69) is 29.8 Å². The molecule has 0 spiro atoms. The third-order valence-corrected chi connectivity index (χ3v) is 6.27. The zero-order valence-corrected chi connectivity index (χ0v) is 21.9. The van der Waals surface area contributed by atoms with Crippen molar-refractivity contribution in [2.24, 2.45) is 10.7 Å². The topological polar surface area (TPSA) is 88.2 Å². The molecule has 0 atom stereocenters. The summed E-state index contributed by atoms with van der Waals surface area (Å²) < 4.78 is 5.17. The van der Waals surface area contributed by atoms with Gasteiger partial charge >= 0.3 is 0 Å². The maximum atomic E-state index is 13.2. The minimum atomic E-state index is 0.0282. The summed E-state index contributed by atoms with van der Waals surface area (Å²) in [6.45, 7) is 7.65. The molecule has 0 unspecified atom stereocenters. The molecule has 0 radical (unpaired) electrons. The van der Waals surface area contributed by atoms with Crippen LogP contribution in [0.3, 0.4) is 0 Å². The molecule has 0 saturated carbocycles. The van der Waals surface area contributed by atoms with E-state index in [-0.39, 0.29) is 5.91 Å². The van der Waals surface area contributed by atoms with Gasteiger partial charge in [0.2, 0.25) is 5.91 Å². The number of hydrogen-bond donors (Lipinski definition) is 1. The smallest absolute Gasteiger partial charge is 0.250 e. The molecule has 1 amide bonds. The third-order valence-electron chi connectivity index (χ3n) is 6.27. The summed E-state index contributed by atoms with van der Waals surface area (Å²) in [7, 11) is 3.69. The average molecular weight is 491 g/mol. The number of benzene rings is 2. The quantitative estimate of drug-likeness (QED) is 0.437. The van der Waals surface area contributed by atoms with Crippen molar-refractivity contribution in [2.45, 2.75) is 39.7 Å². The first kappa shape index (κ1) is 27.3. The predicted octanol–water partition coefficient (Wildman–Crippen LogP) is 4.67. The number of rotatable bonds is 12. The van der Waals surface area contributed by atoms with Crippen molar-refractivity contribution in [2.75, 3.05) is 40.4 Å². The van der Waals surface area contributed by atoms with Crippen molar-refractivity contribution in [3.8, 4) is 11.1 Å². The number of aldehydes is 1. The normalized spacial score (nSPS) is 13.0. The van der Waals surface area contributed by atoms with E-state index in [9.17, 15) is 9.59 Å². The summed E-state index contributed by atoms with van der Waals surface area (Å²) in [5.41, 5.74) is 12.1. The van der Waals surface area contributed by atoms with Crippen molar-refractivity contribution in [1.82, 2.24) is 9.80 Å². The molecule has 0 saturated heterocycles. The maximum absolute atomic E-state index is 13.2. The summed E-state index contributed by atoms with van der Waals surface area (Å²) in [6, 6.07) is 11.9. The standard InChI is InChI=1S/C29H38N4O3/c1-5-11-33(12-6-2)29(35)25-16-23-9-7-22(17-27(23)31-28(30)18-25)21-8-10-24(20-34)26(15-21)19-32(3)13-14-36-4/h7-10,15-17,20H,5-6,11-14,18-19H2,1-4H3,(H2,30,31). The number of aliphatic imine (C=N–C) groups is 1. The molecule has 0 aliphatic carbocycles. The summed E-state index contributed by atoms with van der Waals surface area (Å²) >= 11 is 0. The molecule has 0 bridgehead atoms. The van der Waals surface area contributed by atoms with Crippen LogP contribution in [0.5, 0.6) is 0 Å². The molecule has 2 aromatic rings. The summed E-state index contributed by atoms with van der Waals surface area (Å²) in [6.07, 6.45) is 4.98. The van der Waals surface area contributed by atoms with Gasteiger partial charge in [-0.3, -0.25) is 14.5 Å². The lowest BCUT2D eigenvalue weighted by Crippen LogP contribution is -2.34. The lowest BCUT2D eigenvalue weighted by molar-refractivity contribution is -0.127. The molecule has 3 rings (SSSR count). The number of nitrogens with zero attached hydrogens (tertiary/aromatic N) is 3. The molecule has 2 aromatic carbocycles. The van der Waals surface area contributed by atoms with Crippen LogP contribution < -0.4 is 5.73 Å². The van der Waals surface area contributed by atoms with Crippen molar-refractivity contribution in [3.63, 3.8) is 0 Å². The van der Waals surface area contributed by atoms with E-state index in [0.717, 1.165) is 66.7 Å². The zero-order chi connectivity index (χ0) is 26.1. The number of carbonyl (C=O) groups excluding carboxylic acids is 2. The molecule has 0 aromatic heterocycles. The van der Waals surface area contributed by atoms with Gasteiger partial charge in [-0.1, -0.05) is 38.1 Å². The van der Waals surface area contributed by atoms with E-state index in [1.54, 1.807) is 7.11 Å². The van der Waals surface area contributed by atoms with E-state index < -0.39 is 0 Å². The van der Waals surface area contributed by atoms with E-state index in [4.69, 9.17) is 10.5 Å². The van der Waals surface area contributed by atoms with Gasteiger partial charge in [-0.05, 0) is 54.8 Å². The Bertz CT molecular complexity index is 1130. The second-order valence-corrected chi connectivity index (χ2v) is 9.28. The fraction of sp³-hybridized carbons (Fsp3) is 0.414. The highest BCUT2D eigenvalue weighted by Gasteiger charge is 2.21. The first-order chi connectivity index (χ1) is 17.4. The molecule has 1 heterocycles. The van der Waals surface area contributed by atoms with Crippen molar-refractivity contribution >= 4 is 29.8 Å². The van der Waals surface area contributed by atoms with Gasteiger partial charge in [0, 0.05) is 56.4 Å². The highest BCUT2D eigenvalue weighted by molar-refractivity contribution is 6.05. The number of methoxy groups -OCH3 is 1. The van der Waals surface area contributed by atoms with E-state index in [1.807, 2.05) is 48.4 Å². The number of fused-ring (bicyclic) bond motifs is 1. The Morgan fingerprint density at radius 1 is 1.08 bits per heavy atom. The lowest BCUT2D eigenvalue weighted by atomic mass is 9.97. The van der Waals surface area contributed by atoms with Gasteiger partial charge in [0.25, 0.3) is 0 Å². The number of nitrogens with two attached hydrogens (primary N) is 1. The van der Waals surface area contributed by atoms with Crippen LogP contribution >= 0.6 is 0 Å². The van der Waals surface area contributed by atoms with E-state index in [1.165, 1.54) is 0 Å². The molecule has 1 aliphatic rings. The van der Waals surface area contributed by atoms with Crippen LogP contribution in [-0.4, -0.2) is 68.2 Å². The van der Waals surface area contributed by atoms with Gasteiger partial charge in [0.1, 0.15) is 12.1 Å². The van der Waals surface area contributed by atoms with Crippen LogP contribution in [0.2, 0.25) is 0 Å². The highest BCUT2D eigenvalue weighted by atomic mass is 16.5. The Balaban J connectivity index is 1.93. The Labute approximate surface area is 214 Å². The zero-order valence-electron chi connectivity index (χ0n) is 21.9. The molecule has 36 heavy (non-hydrogen) atoms. The molecular weight excluding hydrogens is 452 g/mol. The molecule has 192 valence electrons.